The van der Waals surface area contributed by atoms with Gasteiger partial charge >= 0.3 is 0 Å². The fraction of sp³-hybridized carbons (Fsp3) is 0.400. The molecule has 1 heterocycles. The van der Waals surface area contributed by atoms with Crippen LogP contribution in [-0.2, 0) is 6.54 Å². The molecule has 1 aromatic heterocycles. The lowest BCUT2D eigenvalue weighted by atomic mass is 9.96. The predicted octanol–water partition coefficient (Wildman–Crippen LogP) is 3.75. The molecule has 1 saturated carbocycles. The van der Waals surface area contributed by atoms with Crippen LogP contribution in [0.4, 0.5) is 0 Å². The van der Waals surface area contributed by atoms with Gasteiger partial charge in [-0.2, -0.15) is 0 Å². The molecule has 126 valence electrons. The Morgan fingerprint density at radius 2 is 2.00 bits per heavy atom. The summed E-state index contributed by atoms with van der Waals surface area (Å²) in [7, 11) is 1.84. The smallest absolute Gasteiger partial charge is 0.191 e. The highest BCUT2D eigenvalue weighted by Gasteiger charge is 2.14. The van der Waals surface area contributed by atoms with E-state index in [4.69, 9.17) is 0 Å². The van der Waals surface area contributed by atoms with Gasteiger partial charge in [0.25, 0.3) is 0 Å². The molecule has 1 aliphatic rings. The largest absolute Gasteiger partial charge is 0.354 e. The van der Waals surface area contributed by atoms with Crippen LogP contribution in [-0.4, -0.2) is 24.0 Å². The van der Waals surface area contributed by atoms with E-state index in [-0.39, 0.29) is 0 Å². The predicted molar refractivity (Wildman–Crippen MR) is 99.9 cm³/mol. The van der Waals surface area contributed by atoms with Crippen molar-refractivity contribution in [2.75, 3.05) is 7.05 Å². The Balaban J connectivity index is 1.59. The van der Waals surface area contributed by atoms with Crippen LogP contribution < -0.4 is 10.6 Å². The molecule has 2 aromatic rings. The van der Waals surface area contributed by atoms with Gasteiger partial charge in [-0.05, 0) is 36.6 Å². The lowest BCUT2D eigenvalue weighted by Crippen LogP contribution is -2.43. The first kappa shape index (κ1) is 16.5. The van der Waals surface area contributed by atoms with Gasteiger partial charge in [0.2, 0.25) is 0 Å². The minimum absolute atomic E-state index is 0.560. The van der Waals surface area contributed by atoms with Crippen LogP contribution in [0.2, 0.25) is 0 Å². The van der Waals surface area contributed by atoms with Gasteiger partial charge in [-0.25, -0.2) is 0 Å². The van der Waals surface area contributed by atoms with Crippen LogP contribution in [0.3, 0.4) is 0 Å². The second-order valence-electron chi connectivity index (χ2n) is 6.32. The Kier molecular flexibility index (Phi) is 5.83. The number of nitrogens with zero attached hydrogens (tertiary/aromatic N) is 2. The summed E-state index contributed by atoms with van der Waals surface area (Å²) < 4.78 is 0. The fourth-order valence-corrected chi connectivity index (χ4v) is 3.19. The number of hydrogen-bond donors (Lipinski definition) is 2. The first-order valence-corrected chi connectivity index (χ1v) is 8.82. The minimum atomic E-state index is 0.560. The molecular weight excluding hydrogens is 296 g/mol. The highest BCUT2D eigenvalue weighted by atomic mass is 15.2. The number of pyridine rings is 1. The third kappa shape index (κ3) is 4.57. The number of guanidine groups is 1. The molecule has 24 heavy (non-hydrogen) atoms. The third-order valence-corrected chi connectivity index (χ3v) is 4.52. The van der Waals surface area contributed by atoms with Crippen molar-refractivity contribution in [3.8, 4) is 11.3 Å². The lowest BCUT2D eigenvalue weighted by Gasteiger charge is -2.24. The molecule has 1 aromatic carbocycles. The Morgan fingerprint density at radius 1 is 1.12 bits per heavy atom. The van der Waals surface area contributed by atoms with Gasteiger partial charge in [-0.1, -0.05) is 43.5 Å². The summed E-state index contributed by atoms with van der Waals surface area (Å²) >= 11 is 0. The number of rotatable bonds is 4. The van der Waals surface area contributed by atoms with Crippen molar-refractivity contribution in [2.24, 2.45) is 4.99 Å². The molecule has 4 heteroatoms. The summed E-state index contributed by atoms with van der Waals surface area (Å²) in [6.45, 7) is 0.757. The van der Waals surface area contributed by atoms with Crippen LogP contribution in [0.25, 0.3) is 11.3 Å². The zero-order chi connectivity index (χ0) is 16.6. The van der Waals surface area contributed by atoms with E-state index in [1.54, 1.807) is 0 Å². The monoisotopic (exact) mass is 322 g/mol. The lowest BCUT2D eigenvalue weighted by molar-refractivity contribution is 0.410. The Hall–Kier alpha value is -2.36. The summed E-state index contributed by atoms with van der Waals surface area (Å²) in [6, 6.07) is 15.1. The van der Waals surface area contributed by atoms with Gasteiger partial charge in [0, 0.05) is 31.4 Å². The zero-order valence-electron chi connectivity index (χ0n) is 14.3. The van der Waals surface area contributed by atoms with Crippen molar-refractivity contribution >= 4 is 5.96 Å². The number of nitrogens with one attached hydrogen (secondary N) is 2. The Bertz CT molecular complexity index is 660. The van der Waals surface area contributed by atoms with Crippen molar-refractivity contribution in [1.29, 1.82) is 0 Å². The Morgan fingerprint density at radius 3 is 2.75 bits per heavy atom. The number of aromatic nitrogens is 1. The van der Waals surface area contributed by atoms with Gasteiger partial charge in [0.05, 0.1) is 5.69 Å². The maximum Gasteiger partial charge on any atom is 0.191 e. The van der Waals surface area contributed by atoms with E-state index in [0.29, 0.717) is 6.04 Å². The van der Waals surface area contributed by atoms with Crippen LogP contribution in [0.15, 0.2) is 53.7 Å². The number of hydrogen-bond acceptors (Lipinski definition) is 2. The third-order valence-electron chi connectivity index (χ3n) is 4.52. The molecule has 0 aliphatic heterocycles. The van der Waals surface area contributed by atoms with Crippen LogP contribution in [0.5, 0.6) is 0 Å². The highest BCUT2D eigenvalue weighted by Crippen LogP contribution is 2.18. The maximum absolute atomic E-state index is 4.42. The molecule has 0 unspecified atom stereocenters. The summed E-state index contributed by atoms with van der Waals surface area (Å²) in [5.41, 5.74) is 3.37. The molecule has 0 spiro atoms. The fourth-order valence-electron chi connectivity index (χ4n) is 3.19. The standard InChI is InChI=1S/C20H26N4/c1-21-20(24-18-10-3-2-4-11-18)23-15-16-8-7-9-17(14-16)19-12-5-6-13-22-19/h5-9,12-14,18H,2-4,10-11,15H2,1H3,(H2,21,23,24). The molecule has 1 aliphatic carbocycles. The van der Waals surface area contributed by atoms with Crippen molar-refractivity contribution in [3.05, 3.63) is 54.2 Å². The number of benzene rings is 1. The van der Waals surface area contributed by atoms with Gasteiger partial charge in [-0.15, -0.1) is 0 Å². The van der Waals surface area contributed by atoms with E-state index < -0.39 is 0 Å². The van der Waals surface area contributed by atoms with Gasteiger partial charge in [-0.3, -0.25) is 9.98 Å². The normalized spacial score (nSPS) is 16.0. The van der Waals surface area contributed by atoms with Crippen LogP contribution >= 0.6 is 0 Å². The number of aliphatic imine (C=N–C) groups is 1. The van der Waals surface area contributed by atoms with E-state index in [9.17, 15) is 0 Å². The molecule has 0 atom stereocenters. The average Bonchev–Trinajstić information content (AvgIpc) is 2.67. The molecule has 0 amide bonds. The molecule has 0 bridgehead atoms. The first-order chi connectivity index (χ1) is 11.8. The quantitative estimate of drug-likeness (QED) is 0.666. The zero-order valence-corrected chi connectivity index (χ0v) is 14.3. The SMILES string of the molecule is CN=C(NCc1cccc(-c2ccccn2)c1)NC1CCCCC1. The molecule has 3 rings (SSSR count). The van der Waals surface area contributed by atoms with Crippen LogP contribution in [0.1, 0.15) is 37.7 Å². The van der Waals surface area contributed by atoms with Gasteiger partial charge in [0.1, 0.15) is 0 Å². The van der Waals surface area contributed by atoms with E-state index in [1.807, 2.05) is 31.4 Å². The van der Waals surface area contributed by atoms with E-state index in [2.05, 4.69) is 44.9 Å². The Labute approximate surface area is 144 Å². The molecule has 0 radical (unpaired) electrons. The molecular formula is C20H26N4. The van der Waals surface area contributed by atoms with Gasteiger partial charge in [0.15, 0.2) is 5.96 Å². The molecule has 4 nitrogen and oxygen atoms in total. The summed E-state index contributed by atoms with van der Waals surface area (Å²) in [5.74, 6) is 0.894. The summed E-state index contributed by atoms with van der Waals surface area (Å²) in [6.07, 6.45) is 8.33. The first-order valence-electron chi connectivity index (χ1n) is 8.82. The van der Waals surface area contributed by atoms with E-state index in [0.717, 1.165) is 23.8 Å². The maximum atomic E-state index is 4.42. The topological polar surface area (TPSA) is 49.3 Å². The molecule has 0 saturated heterocycles. The van der Waals surface area contributed by atoms with Crippen molar-refractivity contribution in [2.45, 2.75) is 44.7 Å². The molecule has 1 fully saturated rings. The van der Waals surface area contributed by atoms with E-state index in [1.165, 1.54) is 37.7 Å². The van der Waals surface area contributed by atoms with Crippen molar-refractivity contribution < 1.29 is 0 Å². The second kappa shape index (κ2) is 8.48. The van der Waals surface area contributed by atoms with Crippen molar-refractivity contribution in [3.63, 3.8) is 0 Å². The van der Waals surface area contributed by atoms with Crippen molar-refractivity contribution in [1.82, 2.24) is 15.6 Å². The van der Waals surface area contributed by atoms with E-state index >= 15 is 0 Å². The average molecular weight is 322 g/mol. The second-order valence-corrected chi connectivity index (χ2v) is 6.32. The van der Waals surface area contributed by atoms with Crippen LogP contribution in [0, 0.1) is 0 Å². The molecule has 2 N–H and O–H groups in total. The van der Waals surface area contributed by atoms with Gasteiger partial charge < -0.3 is 10.6 Å². The summed E-state index contributed by atoms with van der Waals surface area (Å²) in [5, 5.41) is 6.98. The summed E-state index contributed by atoms with van der Waals surface area (Å²) in [4.78, 5) is 8.78. The highest BCUT2D eigenvalue weighted by molar-refractivity contribution is 5.80. The minimum Gasteiger partial charge on any atom is -0.354 e.